The molecule has 1 aliphatic carbocycles. The van der Waals surface area contributed by atoms with E-state index in [9.17, 15) is 4.79 Å². The van der Waals surface area contributed by atoms with Gasteiger partial charge >= 0.3 is 6.03 Å². The number of aromatic nitrogens is 4. The predicted molar refractivity (Wildman–Crippen MR) is 148 cm³/mol. The number of urea groups is 1. The zero-order valence-corrected chi connectivity index (χ0v) is 21.6. The van der Waals surface area contributed by atoms with Gasteiger partial charge in [-0.1, -0.05) is 19.9 Å². The third-order valence-corrected chi connectivity index (χ3v) is 6.78. The monoisotopic (exact) mass is 514 g/mol. The molecule has 3 aromatic heterocycles. The van der Waals surface area contributed by atoms with Gasteiger partial charge in [0.05, 0.1) is 23.8 Å². The number of fused-ring (bicyclic) bond motifs is 1. The van der Waals surface area contributed by atoms with Gasteiger partial charge < -0.3 is 21.7 Å². The van der Waals surface area contributed by atoms with Gasteiger partial charge in [0.1, 0.15) is 28.7 Å². The van der Waals surface area contributed by atoms with Gasteiger partial charge in [-0.15, -0.1) is 0 Å². The lowest BCUT2D eigenvalue weighted by Gasteiger charge is -2.22. The van der Waals surface area contributed by atoms with Crippen molar-refractivity contribution in [2.45, 2.75) is 45.1 Å². The number of allylic oxidation sites excluding steroid dienone is 1. The van der Waals surface area contributed by atoms with Gasteiger partial charge in [-0.2, -0.15) is 0 Å². The summed E-state index contributed by atoms with van der Waals surface area (Å²) in [5.74, 6) is 0.600. The Hall–Kier alpha value is -4.31. The van der Waals surface area contributed by atoms with Crippen LogP contribution in [0.3, 0.4) is 0 Å². The molecule has 0 aliphatic heterocycles. The van der Waals surface area contributed by atoms with Crippen LogP contribution >= 0.6 is 0 Å². The number of rotatable bonds is 6. The van der Waals surface area contributed by atoms with Crippen molar-refractivity contribution in [2.24, 2.45) is 0 Å². The van der Waals surface area contributed by atoms with Crippen LogP contribution in [-0.2, 0) is 0 Å². The second-order valence-electron chi connectivity index (χ2n) is 9.69. The SMILES string of the molecule is CNC1CC=C(c2cnc(N)c3c(-c4ccc(NC(=O)Nc5cccnc5)cc4F)nc(C(C)C)n23)CC1. The van der Waals surface area contributed by atoms with Gasteiger partial charge in [0.15, 0.2) is 0 Å². The van der Waals surface area contributed by atoms with Crippen molar-refractivity contribution in [3.8, 4) is 11.3 Å². The topological polar surface area (TPSA) is 122 Å². The molecule has 2 amide bonds. The zero-order valence-electron chi connectivity index (χ0n) is 21.6. The van der Waals surface area contributed by atoms with Gasteiger partial charge in [0, 0.05) is 29.4 Å². The summed E-state index contributed by atoms with van der Waals surface area (Å²) in [5, 5.41) is 8.65. The first kappa shape index (κ1) is 25.3. The molecule has 0 saturated carbocycles. The van der Waals surface area contributed by atoms with E-state index >= 15 is 4.39 Å². The van der Waals surface area contributed by atoms with Crippen LogP contribution in [0.4, 0.5) is 26.4 Å². The van der Waals surface area contributed by atoms with Gasteiger partial charge in [-0.3, -0.25) is 9.38 Å². The number of benzene rings is 1. The Morgan fingerprint density at radius 1 is 1.18 bits per heavy atom. The van der Waals surface area contributed by atoms with E-state index in [2.05, 4.69) is 45.8 Å². The Kier molecular flexibility index (Phi) is 7.06. The maximum absolute atomic E-state index is 15.5. The number of pyridine rings is 1. The summed E-state index contributed by atoms with van der Waals surface area (Å²) in [6.07, 6.45) is 9.99. The van der Waals surface area contributed by atoms with Crippen LogP contribution in [0.1, 0.15) is 50.5 Å². The molecule has 1 atom stereocenters. The Bertz CT molecular complexity index is 1510. The molecule has 1 aromatic carbocycles. The van der Waals surface area contributed by atoms with Gasteiger partial charge in [-0.25, -0.2) is 19.2 Å². The van der Waals surface area contributed by atoms with Crippen molar-refractivity contribution in [3.63, 3.8) is 0 Å². The van der Waals surface area contributed by atoms with Gasteiger partial charge in [0.25, 0.3) is 0 Å². The molecule has 0 radical (unpaired) electrons. The number of nitrogens with two attached hydrogens (primary N) is 1. The summed E-state index contributed by atoms with van der Waals surface area (Å²) in [4.78, 5) is 25.7. The summed E-state index contributed by atoms with van der Waals surface area (Å²) in [7, 11) is 1.98. The second-order valence-corrected chi connectivity index (χ2v) is 9.69. The Balaban J connectivity index is 1.52. The smallest absolute Gasteiger partial charge is 0.323 e. The van der Waals surface area contributed by atoms with Crippen molar-refractivity contribution in [1.82, 2.24) is 24.7 Å². The fraction of sp³-hybridized carbons (Fsp3) is 0.286. The minimum Gasteiger partial charge on any atom is -0.382 e. The van der Waals surface area contributed by atoms with E-state index in [1.54, 1.807) is 36.7 Å². The van der Waals surface area contributed by atoms with Crippen molar-refractivity contribution in [2.75, 3.05) is 23.4 Å². The first-order chi connectivity index (χ1) is 18.4. The molecule has 3 heterocycles. The molecule has 9 nitrogen and oxygen atoms in total. The summed E-state index contributed by atoms with van der Waals surface area (Å²) < 4.78 is 17.5. The molecule has 5 N–H and O–H groups in total. The molecule has 1 unspecified atom stereocenters. The Morgan fingerprint density at radius 3 is 2.66 bits per heavy atom. The van der Waals surface area contributed by atoms with E-state index in [-0.39, 0.29) is 17.3 Å². The molecule has 5 rings (SSSR count). The van der Waals surface area contributed by atoms with E-state index in [0.717, 1.165) is 30.8 Å². The molecule has 4 aromatic rings. The van der Waals surface area contributed by atoms with E-state index in [0.29, 0.717) is 28.6 Å². The highest BCUT2D eigenvalue weighted by molar-refractivity contribution is 6.00. The molecule has 0 spiro atoms. The van der Waals surface area contributed by atoms with Crippen molar-refractivity contribution < 1.29 is 9.18 Å². The molecule has 196 valence electrons. The number of imidazole rings is 1. The number of hydrogen-bond donors (Lipinski definition) is 4. The molecular formula is C28H31FN8O. The molecule has 10 heteroatoms. The lowest BCUT2D eigenvalue weighted by molar-refractivity contribution is 0.262. The predicted octanol–water partition coefficient (Wildman–Crippen LogP) is 5.44. The van der Waals surface area contributed by atoms with Crippen molar-refractivity contribution in [3.05, 3.63) is 72.3 Å². The lowest BCUT2D eigenvalue weighted by Crippen LogP contribution is -2.26. The highest BCUT2D eigenvalue weighted by atomic mass is 19.1. The third-order valence-electron chi connectivity index (χ3n) is 6.78. The summed E-state index contributed by atoms with van der Waals surface area (Å²) in [6, 6.07) is 7.88. The molecule has 38 heavy (non-hydrogen) atoms. The van der Waals surface area contributed by atoms with Crippen LogP contribution < -0.4 is 21.7 Å². The van der Waals surface area contributed by atoms with Crippen LogP contribution in [0.25, 0.3) is 22.3 Å². The average molecular weight is 515 g/mol. The Labute approximate surface area is 220 Å². The van der Waals surface area contributed by atoms with E-state index in [1.807, 2.05) is 11.4 Å². The minimum atomic E-state index is -0.530. The van der Waals surface area contributed by atoms with Gasteiger partial charge in [-0.05, 0) is 62.2 Å². The minimum absolute atomic E-state index is 0.0613. The third kappa shape index (κ3) is 4.95. The quantitative estimate of drug-likeness (QED) is 0.272. The van der Waals surface area contributed by atoms with Crippen molar-refractivity contribution >= 4 is 34.3 Å². The highest BCUT2D eigenvalue weighted by Gasteiger charge is 2.25. The highest BCUT2D eigenvalue weighted by Crippen LogP contribution is 2.37. The number of amides is 2. The number of halogens is 1. The fourth-order valence-corrected chi connectivity index (χ4v) is 4.81. The summed E-state index contributed by atoms with van der Waals surface area (Å²) in [5.41, 5.74) is 10.6. The number of carbonyl (C=O) groups is 1. The average Bonchev–Trinajstić information content (AvgIpc) is 3.31. The molecule has 0 bridgehead atoms. The number of nitrogen functional groups attached to an aromatic ring is 1. The normalized spacial score (nSPS) is 15.5. The first-order valence-corrected chi connectivity index (χ1v) is 12.7. The number of nitrogens with one attached hydrogen (secondary N) is 3. The van der Waals surface area contributed by atoms with Crippen LogP contribution in [-0.4, -0.2) is 38.5 Å². The standard InChI is InChI=1S/C28H31FN8O/c1-16(2)27-36-24(25-26(30)33-15-23(37(25)27)17-6-8-18(31-3)9-7-17)21-11-10-19(13-22(21)29)34-28(38)35-20-5-4-12-32-14-20/h4-6,10-16,18,31H,7-9H2,1-3H3,(H2,30,33)(H2,34,35,38). The maximum Gasteiger partial charge on any atom is 0.323 e. The first-order valence-electron chi connectivity index (χ1n) is 12.7. The zero-order chi connectivity index (χ0) is 26.8. The van der Waals surface area contributed by atoms with Gasteiger partial charge in [0.2, 0.25) is 0 Å². The van der Waals surface area contributed by atoms with Crippen LogP contribution in [0.15, 0.2) is 55.0 Å². The van der Waals surface area contributed by atoms with E-state index < -0.39 is 11.8 Å². The molecule has 0 saturated heterocycles. The fourth-order valence-electron chi connectivity index (χ4n) is 4.81. The lowest BCUT2D eigenvalue weighted by atomic mass is 9.93. The van der Waals surface area contributed by atoms with Crippen molar-refractivity contribution in [1.29, 1.82) is 0 Å². The van der Waals surface area contributed by atoms with Crippen LogP contribution in [0.5, 0.6) is 0 Å². The number of nitrogens with zero attached hydrogens (tertiary/aromatic N) is 4. The summed E-state index contributed by atoms with van der Waals surface area (Å²) >= 11 is 0. The molecule has 1 aliphatic rings. The maximum atomic E-state index is 15.5. The molecule has 0 fully saturated rings. The van der Waals surface area contributed by atoms with Crippen LogP contribution in [0, 0.1) is 5.82 Å². The number of hydrogen-bond acceptors (Lipinski definition) is 6. The number of carbonyl (C=O) groups excluding carboxylic acids is 1. The molecular weight excluding hydrogens is 483 g/mol. The van der Waals surface area contributed by atoms with E-state index in [1.165, 1.54) is 17.8 Å². The van der Waals surface area contributed by atoms with Crippen LogP contribution in [0.2, 0.25) is 0 Å². The Morgan fingerprint density at radius 2 is 2.00 bits per heavy atom. The summed E-state index contributed by atoms with van der Waals surface area (Å²) in [6.45, 7) is 4.10. The number of anilines is 3. The van der Waals surface area contributed by atoms with E-state index in [4.69, 9.17) is 10.7 Å². The largest absolute Gasteiger partial charge is 0.382 e. The second kappa shape index (κ2) is 10.6.